The summed E-state index contributed by atoms with van der Waals surface area (Å²) in [5.74, 6) is 2.30. The molecule has 0 aromatic heterocycles. The minimum Gasteiger partial charge on any atom is -0.379 e. The third-order valence-electron chi connectivity index (χ3n) is 3.43. The van der Waals surface area contributed by atoms with Gasteiger partial charge in [0.2, 0.25) is 0 Å². The SMILES string of the molecule is CCNC1COCC1CN1CCS(=O)CC1. The molecule has 0 radical (unpaired) electrons. The van der Waals surface area contributed by atoms with Crippen LogP contribution >= 0.6 is 0 Å². The van der Waals surface area contributed by atoms with Crippen molar-refractivity contribution < 1.29 is 8.95 Å². The number of likely N-dealkylation sites (N-methyl/N-ethyl adjacent to an activating group) is 1. The molecule has 2 rings (SSSR count). The highest BCUT2D eigenvalue weighted by atomic mass is 32.2. The summed E-state index contributed by atoms with van der Waals surface area (Å²) in [4.78, 5) is 2.44. The zero-order valence-electron chi connectivity index (χ0n) is 9.98. The topological polar surface area (TPSA) is 41.6 Å². The fourth-order valence-electron chi connectivity index (χ4n) is 2.46. The van der Waals surface area contributed by atoms with Crippen LogP contribution in [0.2, 0.25) is 0 Å². The predicted molar refractivity (Wildman–Crippen MR) is 66.1 cm³/mol. The lowest BCUT2D eigenvalue weighted by atomic mass is 10.0. The zero-order valence-corrected chi connectivity index (χ0v) is 10.8. The maximum Gasteiger partial charge on any atom is 0.0623 e. The summed E-state index contributed by atoms with van der Waals surface area (Å²) in [5.41, 5.74) is 0. The average Bonchev–Trinajstić information content (AvgIpc) is 2.70. The van der Waals surface area contributed by atoms with E-state index in [1.807, 2.05) is 0 Å². The van der Waals surface area contributed by atoms with E-state index in [0.717, 1.165) is 50.9 Å². The fraction of sp³-hybridized carbons (Fsp3) is 1.00. The van der Waals surface area contributed by atoms with Crippen molar-refractivity contribution in [2.75, 3.05) is 50.9 Å². The summed E-state index contributed by atoms with van der Waals surface area (Å²) in [6, 6.07) is 0.512. The summed E-state index contributed by atoms with van der Waals surface area (Å²) in [5, 5.41) is 3.48. The van der Waals surface area contributed by atoms with E-state index in [0.29, 0.717) is 12.0 Å². The van der Waals surface area contributed by atoms with Crippen LogP contribution in [0, 0.1) is 5.92 Å². The van der Waals surface area contributed by atoms with Gasteiger partial charge in [-0.2, -0.15) is 0 Å². The van der Waals surface area contributed by atoms with Gasteiger partial charge in [-0.15, -0.1) is 0 Å². The molecule has 2 unspecified atom stereocenters. The van der Waals surface area contributed by atoms with Gasteiger partial charge in [0.05, 0.1) is 13.2 Å². The van der Waals surface area contributed by atoms with Crippen molar-refractivity contribution in [3.8, 4) is 0 Å². The minimum atomic E-state index is -0.565. The molecule has 0 aromatic rings. The maximum atomic E-state index is 11.3. The molecule has 1 N–H and O–H groups in total. The van der Waals surface area contributed by atoms with Gasteiger partial charge in [0, 0.05) is 53.9 Å². The van der Waals surface area contributed by atoms with Gasteiger partial charge in [0.15, 0.2) is 0 Å². The van der Waals surface area contributed by atoms with Gasteiger partial charge in [0.1, 0.15) is 0 Å². The third-order valence-corrected chi connectivity index (χ3v) is 4.70. The van der Waals surface area contributed by atoms with Crippen LogP contribution in [-0.2, 0) is 15.5 Å². The summed E-state index contributed by atoms with van der Waals surface area (Å²) >= 11 is 0. The van der Waals surface area contributed by atoms with E-state index < -0.39 is 10.8 Å². The Morgan fingerprint density at radius 3 is 2.81 bits per heavy atom. The Balaban J connectivity index is 1.77. The van der Waals surface area contributed by atoms with E-state index in [2.05, 4.69) is 17.1 Å². The molecule has 2 heterocycles. The molecule has 2 aliphatic heterocycles. The first-order chi connectivity index (χ1) is 7.79. The lowest BCUT2D eigenvalue weighted by molar-refractivity contribution is 0.170. The van der Waals surface area contributed by atoms with Crippen LogP contribution in [0.3, 0.4) is 0 Å². The molecule has 5 heteroatoms. The molecule has 2 aliphatic rings. The number of hydrogen-bond acceptors (Lipinski definition) is 4. The second-order valence-corrected chi connectivity index (χ2v) is 6.31. The van der Waals surface area contributed by atoms with E-state index in [1.54, 1.807) is 0 Å². The molecule has 0 amide bonds. The van der Waals surface area contributed by atoms with Gasteiger partial charge in [-0.3, -0.25) is 4.21 Å². The van der Waals surface area contributed by atoms with Gasteiger partial charge in [-0.25, -0.2) is 0 Å². The number of hydrogen-bond donors (Lipinski definition) is 1. The molecule has 2 saturated heterocycles. The van der Waals surface area contributed by atoms with Crippen molar-refractivity contribution in [2.24, 2.45) is 5.92 Å². The molecule has 2 atom stereocenters. The lowest BCUT2D eigenvalue weighted by Crippen LogP contribution is -2.45. The quantitative estimate of drug-likeness (QED) is 0.738. The van der Waals surface area contributed by atoms with Crippen LogP contribution in [0.15, 0.2) is 0 Å². The molecule has 0 bridgehead atoms. The van der Waals surface area contributed by atoms with E-state index in [1.165, 1.54) is 0 Å². The average molecular weight is 246 g/mol. The van der Waals surface area contributed by atoms with Crippen molar-refractivity contribution in [1.29, 1.82) is 0 Å². The Hall–Kier alpha value is 0.0300. The molecule has 0 aromatic carbocycles. The zero-order chi connectivity index (χ0) is 11.4. The summed E-state index contributed by atoms with van der Waals surface area (Å²) in [7, 11) is -0.565. The van der Waals surface area contributed by atoms with Gasteiger partial charge >= 0.3 is 0 Å². The van der Waals surface area contributed by atoms with Gasteiger partial charge < -0.3 is 15.0 Å². The van der Waals surface area contributed by atoms with Crippen LogP contribution in [0.4, 0.5) is 0 Å². The highest BCUT2D eigenvalue weighted by Crippen LogP contribution is 2.16. The van der Waals surface area contributed by atoms with Crippen molar-refractivity contribution in [3.63, 3.8) is 0 Å². The maximum absolute atomic E-state index is 11.3. The Bertz CT molecular complexity index is 240. The monoisotopic (exact) mass is 246 g/mol. The summed E-state index contributed by atoms with van der Waals surface area (Å²) in [6.07, 6.45) is 0. The predicted octanol–water partition coefficient (Wildman–Crippen LogP) is -0.325. The van der Waals surface area contributed by atoms with Crippen LogP contribution in [0.25, 0.3) is 0 Å². The van der Waals surface area contributed by atoms with Crippen LogP contribution < -0.4 is 5.32 Å². The number of rotatable bonds is 4. The number of nitrogens with zero attached hydrogens (tertiary/aromatic N) is 1. The standard InChI is InChI=1S/C11H22N2O2S/c1-2-12-11-9-15-8-10(11)7-13-3-5-16(14)6-4-13/h10-12H,2-9H2,1H3. The molecule has 2 fully saturated rings. The third kappa shape index (κ3) is 3.26. The second-order valence-electron chi connectivity index (χ2n) is 4.61. The van der Waals surface area contributed by atoms with Crippen molar-refractivity contribution in [3.05, 3.63) is 0 Å². The molecular weight excluding hydrogens is 224 g/mol. The second kappa shape index (κ2) is 6.10. The van der Waals surface area contributed by atoms with Crippen LogP contribution in [0.5, 0.6) is 0 Å². The fourth-order valence-corrected chi connectivity index (χ4v) is 3.58. The van der Waals surface area contributed by atoms with Gasteiger partial charge in [-0.05, 0) is 6.54 Å². The van der Waals surface area contributed by atoms with Crippen LogP contribution in [-0.4, -0.2) is 66.0 Å². The molecule has 94 valence electrons. The molecule has 0 saturated carbocycles. The largest absolute Gasteiger partial charge is 0.379 e. The molecular formula is C11H22N2O2S. The van der Waals surface area contributed by atoms with E-state index in [4.69, 9.17) is 4.74 Å². The van der Waals surface area contributed by atoms with Crippen LogP contribution in [0.1, 0.15) is 6.92 Å². The highest BCUT2D eigenvalue weighted by Gasteiger charge is 2.29. The molecule has 16 heavy (non-hydrogen) atoms. The first kappa shape index (κ1) is 12.5. The van der Waals surface area contributed by atoms with E-state index in [9.17, 15) is 4.21 Å². The molecule has 0 spiro atoms. The summed E-state index contributed by atoms with van der Waals surface area (Å²) < 4.78 is 16.8. The first-order valence-electron chi connectivity index (χ1n) is 6.18. The molecule has 4 nitrogen and oxygen atoms in total. The Labute approximate surface area is 100 Å². The number of nitrogens with one attached hydrogen (secondary N) is 1. The lowest BCUT2D eigenvalue weighted by Gasteiger charge is -2.30. The van der Waals surface area contributed by atoms with Crippen molar-refractivity contribution >= 4 is 10.8 Å². The minimum absolute atomic E-state index is 0.512. The van der Waals surface area contributed by atoms with E-state index in [-0.39, 0.29) is 0 Å². The Kier molecular flexibility index (Phi) is 4.76. The van der Waals surface area contributed by atoms with E-state index >= 15 is 0 Å². The van der Waals surface area contributed by atoms with Crippen molar-refractivity contribution in [2.45, 2.75) is 13.0 Å². The van der Waals surface area contributed by atoms with Gasteiger partial charge in [0.25, 0.3) is 0 Å². The Morgan fingerprint density at radius 1 is 1.38 bits per heavy atom. The Morgan fingerprint density at radius 2 is 2.12 bits per heavy atom. The van der Waals surface area contributed by atoms with Gasteiger partial charge in [-0.1, -0.05) is 6.92 Å². The summed E-state index contributed by atoms with van der Waals surface area (Å²) in [6.45, 7) is 7.93. The number of ether oxygens (including phenoxy) is 1. The first-order valence-corrected chi connectivity index (χ1v) is 7.67. The normalized spacial score (nSPS) is 33.3. The van der Waals surface area contributed by atoms with Crippen molar-refractivity contribution in [1.82, 2.24) is 10.2 Å². The smallest absolute Gasteiger partial charge is 0.0623 e. The molecule has 0 aliphatic carbocycles. The highest BCUT2D eigenvalue weighted by molar-refractivity contribution is 7.85.